The first-order valence-corrected chi connectivity index (χ1v) is 7.47. The second-order valence-corrected chi connectivity index (χ2v) is 5.97. The van der Waals surface area contributed by atoms with Crippen molar-refractivity contribution >= 4 is 17.6 Å². The second-order valence-electron chi connectivity index (χ2n) is 5.53. The van der Waals surface area contributed by atoms with Gasteiger partial charge in [-0.1, -0.05) is 18.5 Å². The normalized spacial score (nSPS) is 16.6. The van der Waals surface area contributed by atoms with Crippen molar-refractivity contribution in [2.24, 2.45) is 5.92 Å². The van der Waals surface area contributed by atoms with Gasteiger partial charge in [0.2, 0.25) is 0 Å². The van der Waals surface area contributed by atoms with Gasteiger partial charge in [-0.25, -0.2) is 4.79 Å². The molecule has 1 fully saturated rings. The predicted molar refractivity (Wildman–Crippen MR) is 80.5 cm³/mol. The number of hydrogen-bond donors (Lipinski definition) is 2. The standard InChI is InChI=1S/C13H18ClNO.C2HF3O2/c1-10-4-6-15(7-5-10)9-11-8-12(14)2-3-13(11)16;3-2(4,5)1(6)7/h2-3,8,10,16H,4-7,9H2,1H3;(H,6,7). The molecule has 2 rings (SSSR count). The Morgan fingerprint density at radius 2 is 1.87 bits per heavy atom. The number of phenolic OH excluding ortho intramolecular Hbond substituents is 1. The van der Waals surface area contributed by atoms with Crippen LogP contribution in [0.3, 0.4) is 0 Å². The van der Waals surface area contributed by atoms with E-state index in [0.717, 1.165) is 31.1 Å². The third kappa shape index (κ3) is 7.09. The summed E-state index contributed by atoms with van der Waals surface area (Å²) in [6.07, 6.45) is -2.58. The Bertz CT molecular complexity index is 529. The van der Waals surface area contributed by atoms with Gasteiger partial charge in [0.15, 0.2) is 0 Å². The van der Waals surface area contributed by atoms with E-state index in [1.165, 1.54) is 12.8 Å². The molecule has 1 saturated heterocycles. The molecule has 4 nitrogen and oxygen atoms in total. The van der Waals surface area contributed by atoms with Crippen molar-refractivity contribution < 1.29 is 28.2 Å². The number of rotatable bonds is 2. The lowest BCUT2D eigenvalue weighted by molar-refractivity contribution is -0.192. The zero-order chi connectivity index (χ0) is 17.6. The van der Waals surface area contributed by atoms with Gasteiger partial charge in [-0.2, -0.15) is 13.2 Å². The van der Waals surface area contributed by atoms with Crippen LogP contribution in [-0.2, 0) is 11.3 Å². The van der Waals surface area contributed by atoms with Crippen molar-refractivity contribution in [3.8, 4) is 5.75 Å². The van der Waals surface area contributed by atoms with E-state index in [-0.39, 0.29) is 0 Å². The number of aromatic hydroxyl groups is 1. The zero-order valence-electron chi connectivity index (χ0n) is 12.6. The molecule has 0 saturated carbocycles. The van der Waals surface area contributed by atoms with Crippen molar-refractivity contribution in [1.82, 2.24) is 4.90 Å². The molecule has 0 amide bonds. The van der Waals surface area contributed by atoms with Gasteiger partial charge in [0.25, 0.3) is 0 Å². The number of likely N-dealkylation sites (tertiary alicyclic amines) is 1. The summed E-state index contributed by atoms with van der Waals surface area (Å²) in [7, 11) is 0. The third-order valence-corrected chi connectivity index (χ3v) is 3.79. The molecule has 0 bridgehead atoms. The molecule has 0 unspecified atom stereocenters. The van der Waals surface area contributed by atoms with Gasteiger partial charge in [0.05, 0.1) is 0 Å². The van der Waals surface area contributed by atoms with Crippen LogP contribution in [-0.4, -0.2) is 40.3 Å². The number of carboxylic acids is 1. The van der Waals surface area contributed by atoms with Gasteiger partial charge < -0.3 is 10.2 Å². The van der Waals surface area contributed by atoms with E-state index in [4.69, 9.17) is 21.5 Å². The Balaban J connectivity index is 0.000000322. The SMILES string of the molecule is CC1CCN(Cc2cc(Cl)ccc2O)CC1.O=C(O)C(F)(F)F. The van der Waals surface area contributed by atoms with E-state index in [2.05, 4.69) is 11.8 Å². The van der Waals surface area contributed by atoms with Crippen LogP contribution in [0.15, 0.2) is 18.2 Å². The number of alkyl halides is 3. The molecule has 1 heterocycles. The molecule has 1 aliphatic rings. The van der Waals surface area contributed by atoms with E-state index in [0.29, 0.717) is 10.8 Å². The Hall–Kier alpha value is -1.47. The molecule has 2 N–H and O–H groups in total. The van der Waals surface area contributed by atoms with Gasteiger partial charge >= 0.3 is 12.1 Å². The Kier molecular flexibility index (Phi) is 7.15. The predicted octanol–water partition coefficient (Wildman–Crippen LogP) is 3.91. The highest BCUT2D eigenvalue weighted by atomic mass is 35.5. The van der Waals surface area contributed by atoms with Crippen LogP contribution in [0.5, 0.6) is 5.75 Å². The van der Waals surface area contributed by atoms with Crippen LogP contribution in [0, 0.1) is 5.92 Å². The minimum atomic E-state index is -5.08. The number of halogens is 4. The summed E-state index contributed by atoms with van der Waals surface area (Å²) in [6, 6.07) is 5.25. The fraction of sp³-hybridized carbons (Fsp3) is 0.533. The first kappa shape index (κ1) is 19.6. The van der Waals surface area contributed by atoms with Crippen LogP contribution in [0.4, 0.5) is 13.2 Å². The lowest BCUT2D eigenvalue weighted by Crippen LogP contribution is -2.32. The maximum atomic E-state index is 10.6. The lowest BCUT2D eigenvalue weighted by atomic mass is 9.99. The Morgan fingerprint density at radius 3 is 2.35 bits per heavy atom. The van der Waals surface area contributed by atoms with Crippen LogP contribution < -0.4 is 0 Å². The van der Waals surface area contributed by atoms with Crippen molar-refractivity contribution in [2.45, 2.75) is 32.5 Å². The molecule has 1 aromatic carbocycles. The summed E-state index contributed by atoms with van der Waals surface area (Å²) >= 11 is 5.93. The van der Waals surface area contributed by atoms with Gasteiger partial charge in [-0.05, 0) is 50.0 Å². The number of hydrogen-bond acceptors (Lipinski definition) is 3. The molecule has 0 radical (unpaired) electrons. The highest BCUT2D eigenvalue weighted by Gasteiger charge is 2.38. The molecule has 23 heavy (non-hydrogen) atoms. The Labute approximate surface area is 137 Å². The van der Waals surface area contributed by atoms with Crippen LogP contribution in [0.1, 0.15) is 25.3 Å². The van der Waals surface area contributed by atoms with Crippen molar-refractivity contribution in [2.75, 3.05) is 13.1 Å². The topological polar surface area (TPSA) is 60.8 Å². The van der Waals surface area contributed by atoms with E-state index in [1.807, 2.05) is 6.07 Å². The maximum absolute atomic E-state index is 10.6. The molecule has 1 aromatic rings. The minimum Gasteiger partial charge on any atom is -0.508 e. The molecular formula is C15H19ClF3NO3. The molecule has 0 aliphatic carbocycles. The summed E-state index contributed by atoms with van der Waals surface area (Å²) in [5, 5.41) is 17.6. The Morgan fingerprint density at radius 1 is 1.35 bits per heavy atom. The number of carbonyl (C=O) groups is 1. The first-order valence-electron chi connectivity index (χ1n) is 7.09. The summed E-state index contributed by atoms with van der Waals surface area (Å²) in [6.45, 7) is 5.34. The fourth-order valence-corrected chi connectivity index (χ4v) is 2.34. The first-order chi connectivity index (χ1) is 10.6. The lowest BCUT2D eigenvalue weighted by Gasteiger charge is -2.30. The maximum Gasteiger partial charge on any atom is 0.490 e. The molecular weight excluding hydrogens is 335 g/mol. The number of aliphatic carboxylic acids is 1. The number of piperidine rings is 1. The summed E-state index contributed by atoms with van der Waals surface area (Å²) in [5.74, 6) is -1.57. The van der Waals surface area contributed by atoms with Gasteiger partial charge in [0, 0.05) is 17.1 Å². The summed E-state index contributed by atoms with van der Waals surface area (Å²) < 4.78 is 31.7. The number of carboxylic acid groups (broad SMARTS) is 1. The quantitative estimate of drug-likeness (QED) is 0.846. The molecule has 0 spiro atoms. The van der Waals surface area contributed by atoms with Gasteiger partial charge in [0.1, 0.15) is 5.75 Å². The van der Waals surface area contributed by atoms with E-state index in [9.17, 15) is 18.3 Å². The van der Waals surface area contributed by atoms with Crippen molar-refractivity contribution in [3.63, 3.8) is 0 Å². The summed E-state index contributed by atoms with van der Waals surface area (Å²) in [5.41, 5.74) is 0.932. The smallest absolute Gasteiger partial charge is 0.490 e. The minimum absolute atomic E-state index is 0.350. The van der Waals surface area contributed by atoms with E-state index in [1.54, 1.807) is 12.1 Å². The average Bonchev–Trinajstić information content (AvgIpc) is 2.45. The van der Waals surface area contributed by atoms with Crippen molar-refractivity contribution in [3.05, 3.63) is 28.8 Å². The fourth-order valence-electron chi connectivity index (χ4n) is 2.14. The largest absolute Gasteiger partial charge is 0.508 e. The highest BCUT2D eigenvalue weighted by Crippen LogP contribution is 2.25. The molecule has 1 aliphatic heterocycles. The average molecular weight is 354 g/mol. The number of benzene rings is 1. The number of nitrogens with zero attached hydrogens (tertiary/aromatic N) is 1. The van der Waals surface area contributed by atoms with Crippen molar-refractivity contribution in [1.29, 1.82) is 0 Å². The zero-order valence-corrected chi connectivity index (χ0v) is 13.4. The van der Waals surface area contributed by atoms with Gasteiger partial charge in [-0.3, -0.25) is 4.90 Å². The van der Waals surface area contributed by atoms with Crippen LogP contribution in [0.2, 0.25) is 5.02 Å². The van der Waals surface area contributed by atoms with Crippen LogP contribution in [0.25, 0.3) is 0 Å². The van der Waals surface area contributed by atoms with E-state index < -0.39 is 12.1 Å². The highest BCUT2D eigenvalue weighted by molar-refractivity contribution is 6.30. The monoisotopic (exact) mass is 353 g/mol. The van der Waals surface area contributed by atoms with Crippen LogP contribution >= 0.6 is 11.6 Å². The number of phenols is 1. The van der Waals surface area contributed by atoms with Gasteiger partial charge in [-0.15, -0.1) is 0 Å². The third-order valence-electron chi connectivity index (χ3n) is 3.55. The second kappa shape index (κ2) is 8.40. The molecule has 0 aromatic heterocycles. The molecule has 130 valence electrons. The molecule has 0 atom stereocenters. The summed E-state index contributed by atoms with van der Waals surface area (Å²) in [4.78, 5) is 11.3. The van der Waals surface area contributed by atoms with E-state index >= 15 is 0 Å². The molecule has 8 heteroatoms.